The van der Waals surface area contributed by atoms with Crippen LogP contribution >= 0.6 is 7.26 Å². The van der Waals surface area contributed by atoms with Crippen LogP contribution in [0.15, 0.2) is 0 Å². The maximum atomic E-state index is 13.0. The summed E-state index contributed by atoms with van der Waals surface area (Å²) in [7, 11) is -8.46. The van der Waals surface area contributed by atoms with Gasteiger partial charge in [-0.15, -0.1) is 0 Å². The van der Waals surface area contributed by atoms with Gasteiger partial charge in [-0.25, -0.2) is 0 Å². The average molecular weight is 760 g/mol. The van der Waals surface area contributed by atoms with Gasteiger partial charge in [-0.05, 0) is 25.7 Å². The molecule has 3 nitrogen and oxygen atoms in total. The second-order valence-corrected chi connectivity index (χ2v) is 16.5. The first-order chi connectivity index (χ1) is 20.2. The fourth-order valence-electron chi connectivity index (χ4n) is 3.96. The predicted octanol–water partition coefficient (Wildman–Crippen LogP) is 11.0. The van der Waals surface area contributed by atoms with E-state index in [0.29, 0.717) is 0 Å². The van der Waals surface area contributed by atoms with Crippen molar-refractivity contribution in [3.05, 3.63) is 0 Å². The van der Waals surface area contributed by atoms with Gasteiger partial charge in [0, 0.05) is 7.26 Å². The van der Waals surface area contributed by atoms with Gasteiger partial charge in [0.2, 0.25) is 0 Å². The lowest BCUT2D eigenvalue weighted by Crippen LogP contribution is -2.74. The first-order valence-corrected chi connectivity index (χ1v) is 17.7. The van der Waals surface area contributed by atoms with Crippen molar-refractivity contribution in [3.63, 3.8) is 0 Å². The summed E-state index contributed by atoms with van der Waals surface area (Å²) in [6.07, 6.45) is 10.1. The van der Waals surface area contributed by atoms with Crippen LogP contribution in [0.4, 0.5) is 74.6 Å². The van der Waals surface area contributed by atoms with E-state index in [-0.39, 0.29) is 0 Å². The number of unbranched alkanes of at least 4 members (excludes halogenated alkanes) is 4. The average Bonchev–Trinajstić information content (AvgIpc) is 2.90. The number of hydrogen-bond acceptors (Lipinski definition) is 2. The summed E-state index contributed by atoms with van der Waals surface area (Å²) < 4.78 is 242. The second-order valence-electron chi connectivity index (χ2n) is 10.6. The fraction of sp³-hybridized carbons (Fsp3) is 1.00. The van der Waals surface area contributed by atoms with Crippen LogP contribution in [0.1, 0.15) is 79.1 Å². The van der Waals surface area contributed by atoms with Crippen LogP contribution in [0.25, 0.3) is 0 Å². The lowest BCUT2D eigenvalue weighted by molar-refractivity contribution is -0.458. The van der Waals surface area contributed by atoms with Crippen molar-refractivity contribution in [1.29, 1.82) is 0 Å². The number of halogens is 17. The Bertz CT molecular complexity index is 994. The first-order valence-electron chi connectivity index (χ1n) is 13.8. The molecule has 0 saturated carbocycles. The third-order valence-corrected chi connectivity index (χ3v) is 12.9. The number of rotatable bonds is 19. The van der Waals surface area contributed by atoms with Crippen LogP contribution in [0.5, 0.6) is 0 Å². The zero-order valence-corrected chi connectivity index (χ0v) is 26.7. The largest absolute Gasteiger partial charge is 0.460 e. The highest BCUT2D eigenvalue weighted by atomic mass is 32.2. The van der Waals surface area contributed by atoms with Gasteiger partial charge >= 0.3 is 57.1 Å². The molecule has 0 aromatic carbocycles. The molecule has 0 atom stereocenters. The Morgan fingerprint density at radius 1 is 0.435 bits per heavy atom. The van der Waals surface area contributed by atoms with Crippen LogP contribution in [-0.2, 0) is 10.1 Å². The minimum absolute atomic E-state index is 0.562. The van der Waals surface area contributed by atoms with Crippen molar-refractivity contribution < 1.29 is 87.6 Å². The minimum atomic E-state index is -8.89. The van der Waals surface area contributed by atoms with E-state index >= 15 is 0 Å². The van der Waals surface area contributed by atoms with Gasteiger partial charge < -0.3 is 0 Å². The summed E-state index contributed by atoms with van der Waals surface area (Å²) >= 11 is 0. The summed E-state index contributed by atoms with van der Waals surface area (Å²) in [4.78, 5) is 0. The fourth-order valence-corrected chi connectivity index (χ4v) is 9.70. The molecule has 0 radical (unpaired) electrons. The standard InChI is InChI=1S/C16H36P.C8HF17O3S/c1-5-9-13-17(14-10-6-2,15-11-7-3)16-12-8-4;9-1(10,3(13,14)5(17,18)7(21,22)23)2(11,12)4(15,16)6(19,20)8(24,25)29(26,27)28/h5-16H2,1-4H3;(H,26,27,28)/q+1;. The van der Waals surface area contributed by atoms with Crippen LogP contribution in [0.2, 0.25) is 0 Å². The summed E-state index contributed by atoms with van der Waals surface area (Å²) in [5.74, 6) is -52.0. The highest BCUT2D eigenvalue weighted by Gasteiger charge is 2.96. The molecule has 280 valence electrons. The first kappa shape index (κ1) is 47.3. The predicted molar refractivity (Wildman–Crippen MR) is 138 cm³/mol. The van der Waals surface area contributed by atoms with Crippen LogP contribution in [-0.4, -0.2) is 84.6 Å². The Morgan fingerprint density at radius 3 is 0.848 bits per heavy atom. The molecular weight excluding hydrogens is 722 g/mol. The normalized spacial score (nSPS) is 15.1. The van der Waals surface area contributed by atoms with E-state index in [1.54, 1.807) is 24.6 Å². The Balaban J connectivity index is 0. The van der Waals surface area contributed by atoms with Crippen LogP contribution < -0.4 is 0 Å². The van der Waals surface area contributed by atoms with Crippen molar-refractivity contribution in [2.24, 2.45) is 0 Å². The lowest BCUT2D eigenvalue weighted by atomic mass is 9.91. The Hall–Kier alpha value is -0.850. The monoisotopic (exact) mass is 759 g/mol. The van der Waals surface area contributed by atoms with Gasteiger partial charge in [0.05, 0.1) is 24.6 Å². The van der Waals surface area contributed by atoms with E-state index in [0.717, 1.165) is 0 Å². The number of alkyl halides is 17. The molecule has 0 amide bonds. The highest BCUT2D eigenvalue weighted by Crippen LogP contribution is 2.64. The topological polar surface area (TPSA) is 54.4 Å². The van der Waals surface area contributed by atoms with Gasteiger partial charge in [-0.1, -0.05) is 53.4 Å². The molecule has 0 heterocycles. The van der Waals surface area contributed by atoms with E-state index in [1.807, 2.05) is 0 Å². The Labute approximate surface area is 256 Å². The Morgan fingerprint density at radius 2 is 0.652 bits per heavy atom. The summed E-state index contributed by atoms with van der Waals surface area (Å²) in [5, 5.41) is -7.84. The van der Waals surface area contributed by atoms with Crippen LogP contribution in [0, 0.1) is 0 Å². The van der Waals surface area contributed by atoms with Gasteiger partial charge in [0.1, 0.15) is 0 Å². The van der Waals surface area contributed by atoms with E-state index in [4.69, 9.17) is 4.55 Å². The van der Waals surface area contributed by atoms with Crippen molar-refractivity contribution in [1.82, 2.24) is 0 Å². The molecule has 0 aromatic rings. The molecule has 0 rings (SSSR count). The molecule has 0 aromatic heterocycles. The SMILES string of the molecule is CCCC[P+](CCCC)(CCCC)CCCC.O=S(=O)(O)C(F)(F)C(F)(F)C(F)(F)C(F)(F)C(F)(F)C(F)(F)C(F)(F)C(F)(F)F. The maximum Gasteiger partial charge on any atom is 0.460 e. The molecule has 22 heteroatoms. The lowest BCUT2D eigenvalue weighted by Gasteiger charge is -2.42. The molecule has 0 aliphatic rings. The zero-order chi connectivity index (χ0) is 37.5. The summed E-state index contributed by atoms with van der Waals surface area (Å²) in [6.45, 7) is 9.42. The summed E-state index contributed by atoms with van der Waals surface area (Å²) in [5.41, 5.74) is 0. The maximum absolute atomic E-state index is 13.0. The van der Waals surface area contributed by atoms with Crippen molar-refractivity contribution in [2.45, 2.75) is 126 Å². The molecule has 0 spiro atoms. The van der Waals surface area contributed by atoms with Crippen molar-refractivity contribution in [2.75, 3.05) is 24.6 Å². The Kier molecular flexibility index (Phi) is 16.7. The molecule has 1 N–H and O–H groups in total. The third kappa shape index (κ3) is 9.23. The molecule has 0 unspecified atom stereocenters. The molecular formula is C24H37F17O3PS+. The molecule has 0 fully saturated rings. The molecule has 46 heavy (non-hydrogen) atoms. The van der Waals surface area contributed by atoms with E-state index in [1.165, 1.54) is 51.4 Å². The summed E-state index contributed by atoms with van der Waals surface area (Å²) in [6, 6.07) is 0. The molecule has 0 aliphatic carbocycles. The molecule has 0 aliphatic heterocycles. The van der Waals surface area contributed by atoms with Gasteiger partial charge in [-0.3, -0.25) is 4.55 Å². The van der Waals surface area contributed by atoms with E-state index in [9.17, 15) is 83.1 Å². The van der Waals surface area contributed by atoms with Crippen LogP contribution in [0.3, 0.4) is 0 Å². The van der Waals surface area contributed by atoms with E-state index in [2.05, 4.69) is 27.7 Å². The van der Waals surface area contributed by atoms with Crippen molar-refractivity contribution >= 4 is 17.4 Å². The van der Waals surface area contributed by atoms with Gasteiger partial charge in [0.25, 0.3) is 0 Å². The second kappa shape index (κ2) is 16.2. The molecule has 0 saturated heterocycles. The third-order valence-electron chi connectivity index (χ3n) is 6.96. The minimum Gasteiger partial charge on any atom is -0.281 e. The van der Waals surface area contributed by atoms with Gasteiger partial charge in [0.15, 0.2) is 0 Å². The van der Waals surface area contributed by atoms with Gasteiger partial charge in [-0.2, -0.15) is 83.1 Å². The van der Waals surface area contributed by atoms with E-state index < -0.39 is 64.3 Å². The number of hydrogen-bond donors (Lipinski definition) is 1. The van der Waals surface area contributed by atoms with Crippen molar-refractivity contribution in [3.8, 4) is 0 Å². The molecule has 0 bridgehead atoms. The smallest absolute Gasteiger partial charge is 0.281 e. The quantitative estimate of drug-likeness (QED) is 0.0811. The zero-order valence-electron chi connectivity index (χ0n) is 25.0. The highest BCUT2D eigenvalue weighted by molar-refractivity contribution is 7.87.